The van der Waals surface area contributed by atoms with Gasteiger partial charge in [0.15, 0.2) is 5.96 Å². The average molecular weight is 441 g/mol. The van der Waals surface area contributed by atoms with Crippen molar-refractivity contribution in [2.45, 2.75) is 77.7 Å². The van der Waals surface area contributed by atoms with Gasteiger partial charge < -0.3 is 15.4 Å². The Morgan fingerprint density at radius 2 is 1.83 bits per heavy atom. The highest BCUT2D eigenvalue weighted by Crippen LogP contribution is 2.05. The largest absolute Gasteiger partial charge is 0.469 e. The summed E-state index contributed by atoms with van der Waals surface area (Å²) in [6.45, 7) is 5.32. The van der Waals surface area contributed by atoms with Crippen molar-refractivity contribution in [2.75, 3.05) is 20.7 Å². The molecule has 0 saturated heterocycles. The molecule has 1 unspecified atom stereocenters. The van der Waals surface area contributed by atoms with Crippen LogP contribution < -0.4 is 10.6 Å². The number of halogens is 1. The third kappa shape index (κ3) is 16.1. The van der Waals surface area contributed by atoms with Gasteiger partial charge in [-0.3, -0.25) is 9.79 Å². The summed E-state index contributed by atoms with van der Waals surface area (Å²) in [5, 5.41) is 6.75. The van der Waals surface area contributed by atoms with E-state index in [2.05, 4.69) is 34.2 Å². The van der Waals surface area contributed by atoms with Gasteiger partial charge in [0.1, 0.15) is 0 Å². The molecule has 23 heavy (non-hydrogen) atoms. The van der Waals surface area contributed by atoms with Crippen LogP contribution in [0, 0.1) is 0 Å². The second-order valence-electron chi connectivity index (χ2n) is 5.78. The van der Waals surface area contributed by atoms with Gasteiger partial charge in [-0.2, -0.15) is 0 Å². The van der Waals surface area contributed by atoms with E-state index in [0.29, 0.717) is 12.5 Å². The van der Waals surface area contributed by atoms with Gasteiger partial charge in [0.05, 0.1) is 7.11 Å². The Balaban J connectivity index is 0. The van der Waals surface area contributed by atoms with Crippen molar-refractivity contribution in [3.05, 3.63) is 0 Å². The lowest BCUT2D eigenvalue weighted by molar-refractivity contribution is -0.140. The van der Waals surface area contributed by atoms with Crippen molar-refractivity contribution < 1.29 is 9.53 Å². The summed E-state index contributed by atoms with van der Waals surface area (Å²) >= 11 is 0. The van der Waals surface area contributed by atoms with E-state index in [0.717, 1.165) is 31.8 Å². The number of hydrogen-bond donors (Lipinski definition) is 2. The quantitative estimate of drug-likeness (QED) is 0.159. The van der Waals surface area contributed by atoms with E-state index in [-0.39, 0.29) is 29.9 Å². The zero-order chi connectivity index (χ0) is 16.6. The number of methoxy groups -OCH3 is 1. The van der Waals surface area contributed by atoms with Gasteiger partial charge in [0, 0.05) is 26.1 Å². The van der Waals surface area contributed by atoms with Crippen LogP contribution in [0.15, 0.2) is 4.99 Å². The predicted octanol–water partition coefficient (Wildman–Crippen LogP) is 3.86. The predicted molar refractivity (Wildman–Crippen MR) is 109 cm³/mol. The highest BCUT2D eigenvalue weighted by atomic mass is 127. The SMILES string of the molecule is CCCCCCC(C)NC(=NC)NCCCCCC(=O)OC.I. The molecule has 0 aliphatic rings. The number of rotatable bonds is 12. The molecule has 0 amide bonds. The standard InChI is InChI=1S/C17H35N3O2.HI/c1-5-6-7-9-12-15(2)20-17(18-3)19-14-11-8-10-13-16(21)22-4;/h15H,5-14H2,1-4H3,(H2,18,19,20);1H. The summed E-state index contributed by atoms with van der Waals surface area (Å²) in [5.41, 5.74) is 0. The van der Waals surface area contributed by atoms with Crippen molar-refractivity contribution in [1.29, 1.82) is 0 Å². The Morgan fingerprint density at radius 1 is 1.13 bits per heavy atom. The minimum atomic E-state index is -0.123. The summed E-state index contributed by atoms with van der Waals surface area (Å²) < 4.78 is 4.62. The number of esters is 1. The zero-order valence-corrected chi connectivity index (χ0v) is 17.7. The van der Waals surface area contributed by atoms with Crippen LogP contribution in [-0.2, 0) is 9.53 Å². The molecule has 0 aromatic rings. The number of ether oxygens (including phenoxy) is 1. The molecular formula is C17H36IN3O2. The van der Waals surface area contributed by atoms with E-state index < -0.39 is 0 Å². The number of guanidine groups is 1. The Morgan fingerprint density at radius 3 is 2.43 bits per heavy atom. The molecule has 0 heterocycles. The van der Waals surface area contributed by atoms with E-state index in [1.54, 1.807) is 7.05 Å². The van der Waals surface area contributed by atoms with Crippen molar-refractivity contribution in [1.82, 2.24) is 10.6 Å². The molecule has 0 aliphatic heterocycles. The van der Waals surface area contributed by atoms with Gasteiger partial charge in [0.25, 0.3) is 0 Å². The minimum Gasteiger partial charge on any atom is -0.469 e. The molecule has 0 saturated carbocycles. The molecule has 0 aromatic heterocycles. The summed E-state index contributed by atoms with van der Waals surface area (Å²) in [7, 11) is 3.24. The van der Waals surface area contributed by atoms with E-state index >= 15 is 0 Å². The summed E-state index contributed by atoms with van der Waals surface area (Å²) in [6, 6.07) is 0.447. The van der Waals surface area contributed by atoms with Crippen LogP contribution in [0.5, 0.6) is 0 Å². The van der Waals surface area contributed by atoms with Crippen molar-refractivity contribution in [2.24, 2.45) is 4.99 Å². The fraction of sp³-hybridized carbons (Fsp3) is 0.882. The van der Waals surface area contributed by atoms with Crippen molar-refractivity contribution >= 4 is 35.9 Å². The molecule has 0 spiro atoms. The van der Waals surface area contributed by atoms with Gasteiger partial charge in [-0.15, -0.1) is 24.0 Å². The molecule has 0 aliphatic carbocycles. The fourth-order valence-electron chi connectivity index (χ4n) is 2.26. The highest BCUT2D eigenvalue weighted by molar-refractivity contribution is 14.0. The van der Waals surface area contributed by atoms with Crippen LogP contribution in [0.25, 0.3) is 0 Å². The van der Waals surface area contributed by atoms with E-state index in [4.69, 9.17) is 0 Å². The molecule has 0 radical (unpaired) electrons. The van der Waals surface area contributed by atoms with Gasteiger partial charge in [-0.1, -0.05) is 39.0 Å². The smallest absolute Gasteiger partial charge is 0.305 e. The van der Waals surface area contributed by atoms with Crippen LogP contribution in [0.1, 0.15) is 71.6 Å². The molecule has 0 rings (SSSR count). The second-order valence-corrected chi connectivity index (χ2v) is 5.78. The first-order valence-electron chi connectivity index (χ1n) is 8.68. The van der Waals surface area contributed by atoms with Crippen LogP contribution in [0.4, 0.5) is 0 Å². The molecular weight excluding hydrogens is 405 g/mol. The van der Waals surface area contributed by atoms with Gasteiger partial charge in [0.2, 0.25) is 0 Å². The van der Waals surface area contributed by atoms with Gasteiger partial charge >= 0.3 is 5.97 Å². The monoisotopic (exact) mass is 441 g/mol. The maximum absolute atomic E-state index is 11.0. The number of carbonyl (C=O) groups is 1. The number of aliphatic imine (C=N–C) groups is 1. The number of nitrogens with one attached hydrogen (secondary N) is 2. The first-order chi connectivity index (χ1) is 10.6. The Bertz CT molecular complexity index is 312. The minimum absolute atomic E-state index is 0. The molecule has 0 aromatic carbocycles. The molecule has 2 N–H and O–H groups in total. The zero-order valence-electron chi connectivity index (χ0n) is 15.3. The summed E-state index contributed by atoms with van der Waals surface area (Å²) in [5.74, 6) is 0.748. The first-order valence-corrected chi connectivity index (χ1v) is 8.68. The highest BCUT2D eigenvalue weighted by Gasteiger charge is 2.05. The normalized spacial score (nSPS) is 12.3. The second kappa shape index (κ2) is 17.8. The molecule has 6 heteroatoms. The van der Waals surface area contributed by atoms with Gasteiger partial charge in [-0.25, -0.2) is 0 Å². The third-order valence-corrected chi connectivity index (χ3v) is 3.68. The van der Waals surface area contributed by atoms with Crippen LogP contribution >= 0.6 is 24.0 Å². The van der Waals surface area contributed by atoms with Crippen LogP contribution in [0.2, 0.25) is 0 Å². The van der Waals surface area contributed by atoms with Crippen molar-refractivity contribution in [3.63, 3.8) is 0 Å². The lowest BCUT2D eigenvalue weighted by Gasteiger charge is -2.17. The number of nitrogens with zero attached hydrogens (tertiary/aromatic N) is 1. The third-order valence-electron chi connectivity index (χ3n) is 3.68. The maximum atomic E-state index is 11.0. The molecule has 138 valence electrons. The Hall–Kier alpha value is -0.530. The number of hydrogen-bond acceptors (Lipinski definition) is 3. The van der Waals surface area contributed by atoms with Gasteiger partial charge in [-0.05, 0) is 26.2 Å². The molecule has 0 bridgehead atoms. The Kier molecular flexibility index (Phi) is 19.1. The molecule has 5 nitrogen and oxygen atoms in total. The molecule has 0 fully saturated rings. The number of carbonyl (C=O) groups excluding carboxylic acids is 1. The summed E-state index contributed by atoms with van der Waals surface area (Å²) in [4.78, 5) is 15.2. The maximum Gasteiger partial charge on any atom is 0.305 e. The van der Waals surface area contributed by atoms with E-state index in [9.17, 15) is 4.79 Å². The first kappa shape index (κ1) is 24.7. The topological polar surface area (TPSA) is 62.7 Å². The lowest BCUT2D eigenvalue weighted by atomic mass is 10.1. The van der Waals surface area contributed by atoms with E-state index in [1.807, 2.05) is 0 Å². The van der Waals surface area contributed by atoms with Crippen LogP contribution in [-0.4, -0.2) is 38.7 Å². The number of unbranched alkanes of at least 4 members (excludes halogenated alkanes) is 5. The fourth-order valence-corrected chi connectivity index (χ4v) is 2.26. The average Bonchev–Trinajstić information content (AvgIpc) is 2.53. The van der Waals surface area contributed by atoms with Crippen molar-refractivity contribution in [3.8, 4) is 0 Å². The van der Waals surface area contributed by atoms with E-state index in [1.165, 1.54) is 39.2 Å². The molecule has 1 atom stereocenters. The van der Waals surface area contributed by atoms with Crippen LogP contribution in [0.3, 0.4) is 0 Å². The Labute approximate surface area is 159 Å². The lowest BCUT2D eigenvalue weighted by Crippen LogP contribution is -2.42. The summed E-state index contributed by atoms with van der Waals surface area (Å²) in [6.07, 6.45) is 9.81.